The monoisotopic (exact) mass is 441 g/mol. The standard InChI is InChI=1S/C23H23NO8/c1-3-24-21(26)17-11-20(32-22(27)15-7-5-4-6-8-15)19(30-14(2)25)12-18(17)23(28)31-16-9-10-29-13-16/h4-8,11-12,16H,3,9-10,13H2,1-2H3,(H,24,26)/t16-/m1/s1. The van der Waals surface area contributed by atoms with Gasteiger partial charge < -0.3 is 24.3 Å². The van der Waals surface area contributed by atoms with Gasteiger partial charge >= 0.3 is 17.9 Å². The van der Waals surface area contributed by atoms with E-state index in [0.29, 0.717) is 19.6 Å². The zero-order valence-electron chi connectivity index (χ0n) is 17.7. The Hall–Kier alpha value is -3.72. The summed E-state index contributed by atoms with van der Waals surface area (Å²) in [6, 6.07) is 10.5. The predicted molar refractivity (Wildman–Crippen MR) is 112 cm³/mol. The molecule has 2 aromatic carbocycles. The molecule has 0 bridgehead atoms. The van der Waals surface area contributed by atoms with Gasteiger partial charge in [-0.3, -0.25) is 9.59 Å². The van der Waals surface area contributed by atoms with Crippen molar-refractivity contribution in [3.05, 3.63) is 59.2 Å². The Labute approximate surface area is 184 Å². The molecule has 32 heavy (non-hydrogen) atoms. The van der Waals surface area contributed by atoms with Crippen molar-refractivity contribution in [1.29, 1.82) is 0 Å². The highest BCUT2D eigenvalue weighted by Crippen LogP contribution is 2.33. The first-order valence-electron chi connectivity index (χ1n) is 10.1. The van der Waals surface area contributed by atoms with Crippen molar-refractivity contribution >= 4 is 23.8 Å². The number of rotatable bonds is 7. The van der Waals surface area contributed by atoms with Crippen LogP contribution in [0.4, 0.5) is 0 Å². The molecule has 2 aromatic rings. The number of hydrogen-bond acceptors (Lipinski definition) is 8. The smallest absolute Gasteiger partial charge is 0.343 e. The van der Waals surface area contributed by atoms with E-state index in [2.05, 4.69) is 5.32 Å². The van der Waals surface area contributed by atoms with Crippen LogP contribution in [0.3, 0.4) is 0 Å². The van der Waals surface area contributed by atoms with E-state index in [4.69, 9.17) is 18.9 Å². The second-order valence-corrected chi connectivity index (χ2v) is 6.94. The van der Waals surface area contributed by atoms with Crippen LogP contribution >= 0.6 is 0 Å². The third kappa shape index (κ3) is 5.70. The largest absolute Gasteiger partial charge is 0.456 e. The van der Waals surface area contributed by atoms with Crippen LogP contribution in [0.15, 0.2) is 42.5 Å². The molecule has 1 fully saturated rings. The quantitative estimate of drug-likeness (QED) is 0.515. The van der Waals surface area contributed by atoms with Crippen LogP contribution in [-0.4, -0.2) is 49.7 Å². The van der Waals surface area contributed by atoms with Crippen LogP contribution in [0.2, 0.25) is 0 Å². The molecule has 3 rings (SSSR count). The molecule has 1 aliphatic heterocycles. The number of benzene rings is 2. The molecule has 9 heteroatoms. The molecule has 1 N–H and O–H groups in total. The van der Waals surface area contributed by atoms with Gasteiger partial charge in [-0.25, -0.2) is 9.59 Å². The minimum atomic E-state index is -0.781. The second-order valence-electron chi connectivity index (χ2n) is 6.94. The van der Waals surface area contributed by atoms with Gasteiger partial charge in [0.15, 0.2) is 11.5 Å². The number of nitrogens with one attached hydrogen (secondary N) is 1. The average molecular weight is 441 g/mol. The Morgan fingerprint density at radius 3 is 2.31 bits per heavy atom. The maximum absolute atomic E-state index is 12.8. The Morgan fingerprint density at radius 2 is 1.69 bits per heavy atom. The van der Waals surface area contributed by atoms with Crippen LogP contribution in [-0.2, 0) is 14.3 Å². The van der Waals surface area contributed by atoms with Crippen molar-refractivity contribution in [3.63, 3.8) is 0 Å². The van der Waals surface area contributed by atoms with Gasteiger partial charge in [-0.15, -0.1) is 0 Å². The first-order chi connectivity index (χ1) is 15.4. The molecule has 9 nitrogen and oxygen atoms in total. The summed E-state index contributed by atoms with van der Waals surface area (Å²) in [5.74, 6) is -3.15. The summed E-state index contributed by atoms with van der Waals surface area (Å²) >= 11 is 0. The van der Waals surface area contributed by atoms with Gasteiger partial charge in [0.05, 0.1) is 29.9 Å². The van der Waals surface area contributed by atoms with Crippen molar-refractivity contribution in [2.24, 2.45) is 0 Å². The first kappa shape index (κ1) is 23.0. The van der Waals surface area contributed by atoms with Crippen molar-refractivity contribution in [3.8, 4) is 11.5 Å². The van der Waals surface area contributed by atoms with E-state index < -0.39 is 29.9 Å². The molecule has 1 amide bonds. The van der Waals surface area contributed by atoms with Gasteiger partial charge in [-0.2, -0.15) is 0 Å². The highest BCUT2D eigenvalue weighted by Gasteiger charge is 2.28. The second kappa shape index (κ2) is 10.5. The molecule has 1 heterocycles. The molecule has 0 unspecified atom stereocenters. The Morgan fingerprint density at radius 1 is 1.00 bits per heavy atom. The highest BCUT2D eigenvalue weighted by atomic mass is 16.6. The Balaban J connectivity index is 2.01. The molecule has 0 aromatic heterocycles. The molecular formula is C23H23NO8. The summed E-state index contributed by atoms with van der Waals surface area (Å²) in [7, 11) is 0. The van der Waals surface area contributed by atoms with Gasteiger partial charge in [0.2, 0.25) is 0 Å². The minimum absolute atomic E-state index is 0.0810. The van der Waals surface area contributed by atoms with Crippen LogP contribution in [0.1, 0.15) is 51.3 Å². The number of hydrogen-bond donors (Lipinski definition) is 1. The molecule has 1 atom stereocenters. The maximum Gasteiger partial charge on any atom is 0.343 e. The SMILES string of the molecule is CCNC(=O)c1cc(OC(=O)c2ccccc2)c(OC(C)=O)cc1C(=O)O[C@@H]1CCOC1. The van der Waals surface area contributed by atoms with E-state index in [1.165, 1.54) is 6.07 Å². The van der Waals surface area contributed by atoms with E-state index in [1.807, 2.05) is 0 Å². The highest BCUT2D eigenvalue weighted by molar-refractivity contribution is 6.06. The summed E-state index contributed by atoms with van der Waals surface area (Å²) in [4.78, 5) is 49.6. The summed E-state index contributed by atoms with van der Waals surface area (Å²) in [5.41, 5.74) is 0.0479. The molecule has 0 radical (unpaired) electrons. The third-order valence-corrected chi connectivity index (χ3v) is 4.51. The third-order valence-electron chi connectivity index (χ3n) is 4.51. The number of ether oxygens (including phenoxy) is 4. The summed E-state index contributed by atoms with van der Waals surface area (Å²) in [6.45, 7) is 3.90. The van der Waals surface area contributed by atoms with Crippen LogP contribution < -0.4 is 14.8 Å². The number of carbonyl (C=O) groups is 4. The maximum atomic E-state index is 12.8. The summed E-state index contributed by atoms with van der Waals surface area (Å²) < 4.78 is 21.2. The summed E-state index contributed by atoms with van der Waals surface area (Å²) in [6.07, 6.45) is 0.0866. The van der Waals surface area contributed by atoms with E-state index in [0.717, 1.165) is 13.0 Å². The van der Waals surface area contributed by atoms with Crippen LogP contribution in [0.25, 0.3) is 0 Å². The van der Waals surface area contributed by atoms with Gasteiger partial charge in [0, 0.05) is 26.0 Å². The van der Waals surface area contributed by atoms with Crippen molar-refractivity contribution < 1.29 is 38.1 Å². The van der Waals surface area contributed by atoms with Gasteiger partial charge in [-0.1, -0.05) is 18.2 Å². The molecule has 0 saturated carbocycles. The fraction of sp³-hybridized carbons (Fsp3) is 0.304. The average Bonchev–Trinajstić information content (AvgIpc) is 3.28. The van der Waals surface area contributed by atoms with E-state index in [9.17, 15) is 19.2 Å². The number of carbonyl (C=O) groups excluding carboxylic acids is 4. The van der Waals surface area contributed by atoms with Gasteiger partial charge in [0.1, 0.15) is 6.10 Å². The lowest BCUT2D eigenvalue weighted by Crippen LogP contribution is -2.27. The van der Waals surface area contributed by atoms with E-state index in [1.54, 1.807) is 37.3 Å². The van der Waals surface area contributed by atoms with Crippen molar-refractivity contribution in [2.75, 3.05) is 19.8 Å². The molecule has 168 valence electrons. The summed E-state index contributed by atoms with van der Waals surface area (Å²) in [5, 5.41) is 2.60. The van der Waals surface area contributed by atoms with Crippen LogP contribution in [0.5, 0.6) is 11.5 Å². The van der Waals surface area contributed by atoms with Crippen molar-refractivity contribution in [1.82, 2.24) is 5.32 Å². The first-order valence-corrected chi connectivity index (χ1v) is 10.1. The topological polar surface area (TPSA) is 117 Å². The fourth-order valence-electron chi connectivity index (χ4n) is 3.04. The van der Waals surface area contributed by atoms with Gasteiger partial charge in [-0.05, 0) is 25.1 Å². The normalized spacial score (nSPS) is 15.0. The predicted octanol–water partition coefficient (Wildman–Crippen LogP) is 2.53. The van der Waals surface area contributed by atoms with Gasteiger partial charge in [0.25, 0.3) is 5.91 Å². The molecule has 1 aliphatic rings. The lowest BCUT2D eigenvalue weighted by atomic mass is 10.0. The lowest BCUT2D eigenvalue weighted by molar-refractivity contribution is -0.132. The molecule has 0 aliphatic carbocycles. The fourth-order valence-corrected chi connectivity index (χ4v) is 3.04. The molecule has 0 spiro atoms. The Bertz CT molecular complexity index is 1010. The zero-order valence-corrected chi connectivity index (χ0v) is 17.7. The van der Waals surface area contributed by atoms with Crippen molar-refractivity contribution in [2.45, 2.75) is 26.4 Å². The van der Waals surface area contributed by atoms with Crippen LogP contribution in [0, 0.1) is 0 Å². The minimum Gasteiger partial charge on any atom is -0.456 e. The molecule has 1 saturated heterocycles. The Kier molecular flexibility index (Phi) is 7.56. The zero-order chi connectivity index (χ0) is 23.1. The number of esters is 3. The number of amides is 1. The molecular weight excluding hydrogens is 418 g/mol. The lowest BCUT2D eigenvalue weighted by Gasteiger charge is -2.16. The van der Waals surface area contributed by atoms with E-state index >= 15 is 0 Å². The van der Waals surface area contributed by atoms with E-state index in [-0.39, 0.29) is 34.8 Å².